The standard InChI is InChI=1S/C15H21NO3/c1-11(12-7-9-16-10-8-12)19-14-5-3-13(4-6-14)15(17)18-2/h3-6,11-12,16H,7-10H2,1-2H3. The van der Waals surface area contributed by atoms with Gasteiger partial charge in [0.2, 0.25) is 0 Å². The van der Waals surface area contributed by atoms with E-state index in [1.807, 2.05) is 12.1 Å². The van der Waals surface area contributed by atoms with E-state index in [0.717, 1.165) is 31.7 Å². The van der Waals surface area contributed by atoms with Crippen LogP contribution in [-0.4, -0.2) is 32.3 Å². The van der Waals surface area contributed by atoms with Gasteiger partial charge in [-0.2, -0.15) is 0 Å². The lowest BCUT2D eigenvalue weighted by atomic mass is 9.93. The quantitative estimate of drug-likeness (QED) is 0.846. The van der Waals surface area contributed by atoms with E-state index in [4.69, 9.17) is 4.74 Å². The van der Waals surface area contributed by atoms with Gasteiger partial charge in [0.25, 0.3) is 0 Å². The molecule has 4 nitrogen and oxygen atoms in total. The minimum absolute atomic E-state index is 0.200. The van der Waals surface area contributed by atoms with Crippen molar-refractivity contribution in [2.75, 3.05) is 20.2 Å². The highest BCUT2D eigenvalue weighted by Gasteiger charge is 2.21. The average molecular weight is 263 g/mol. The fourth-order valence-electron chi connectivity index (χ4n) is 2.41. The van der Waals surface area contributed by atoms with Gasteiger partial charge >= 0.3 is 5.97 Å². The first-order valence-electron chi connectivity index (χ1n) is 6.76. The third kappa shape index (κ3) is 3.70. The molecule has 0 aromatic heterocycles. The molecular weight excluding hydrogens is 242 g/mol. The van der Waals surface area contributed by atoms with Crippen LogP contribution in [0.1, 0.15) is 30.1 Å². The van der Waals surface area contributed by atoms with E-state index in [9.17, 15) is 4.79 Å². The number of ether oxygens (including phenoxy) is 2. The monoisotopic (exact) mass is 263 g/mol. The molecule has 1 aliphatic heterocycles. The van der Waals surface area contributed by atoms with Crippen LogP contribution in [-0.2, 0) is 4.74 Å². The minimum atomic E-state index is -0.321. The number of rotatable bonds is 4. The molecule has 1 fully saturated rings. The molecule has 0 radical (unpaired) electrons. The summed E-state index contributed by atoms with van der Waals surface area (Å²) in [5.41, 5.74) is 0.546. The highest BCUT2D eigenvalue weighted by molar-refractivity contribution is 5.89. The maximum atomic E-state index is 11.3. The Bertz CT molecular complexity index is 410. The molecule has 0 spiro atoms. The van der Waals surface area contributed by atoms with Gasteiger partial charge in [-0.25, -0.2) is 4.79 Å². The van der Waals surface area contributed by atoms with E-state index in [-0.39, 0.29) is 12.1 Å². The van der Waals surface area contributed by atoms with Gasteiger partial charge in [0.15, 0.2) is 0 Å². The molecular formula is C15H21NO3. The summed E-state index contributed by atoms with van der Waals surface area (Å²) in [5, 5.41) is 3.35. The molecule has 1 aromatic rings. The summed E-state index contributed by atoms with van der Waals surface area (Å²) in [6.45, 7) is 4.25. The number of esters is 1. The van der Waals surface area contributed by atoms with Crippen molar-refractivity contribution in [2.45, 2.75) is 25.9 Å². The van der Waals surface area contributed by atoms with Gasteiger partial charge in [0.1, 0.15) is 5.75 Å². The number of methoxy groups -OCH3 is 1. The molecule has 104 valence electrons. The molecule has 1 atom stereocenters. The number of carbonyl (C=O) groups excluding carboxylic acids is 1. The molecule has 1 saturated heterocycles. The van der Waals surface area contributed by atoms with Gasteiger partial charge in [0, 0.05) is 0 Å². The Balaban J connectivity index is 1.93. The molecule has 2 rings (SSSR count). The Morgan fingerprint density at radius 1 is 1.26 bits per heavy atom. The van der Waals surface area contributed by atoms with E-state index in [2.05, 4.69) is 17.0 Å². The lowest BCUT2D eigenvalue weighted by Crippen LogP contribution is -2.35. The molecule has 1 aliphatic rings. The molecule has 0 saturated carbocycles. The smallest absolute Gasteiger partial charge is 0.337 e. The predicted octanol–water partition coefficient (Wildman–Crippen LogP) is 2.24. The van der Waals surface area contributed by atoms with Crippen molar-refractivity contribution in [3.63, 3.8) is 0 Å². The second-order valence-electron chi connectivity index (χ2n) is 4.93. The Morgan fingerprint density at radius 3 is 2.47 bits per heavy atom. The molecule has 4 heteroatoms. The minimum Gasteiger partial charge on any atom is -0.490 e. The largest absolute Gasteiger partial charge is 0.490 e. The second kappa shape index (κ2) is 6.57. The summed E-state index contributed by atoms with van der Waals surface area (Å²) in [5.74, 6) is 1.08. The third-order valence-electron chi connectivity index (χ3n) is 3.65. The van der Waals surface area contributed by atoms with Crippen LogP contribution in [0.4, 0.5) is 0 Å². The maximum absolute atomic E-state index is 11.3. The number of hydrogen-bond donors (Lipinski definition) is 1. The molecule has 0 bridgehead atoms. The first-order chi connectivity index (χ1) is 9.20. The van der Waals surface area contributed by atoms with Gasteiger partial charge in [-0.05, 0) is 63.0 Å². The first-order valence-corrected chi connectivity index (χ1v) is 6.76. The Hall–Kier alpha value is -1.55. The number of piperidine rings is 1. The normalized spacial score (nSPS) is 17.8. The number of nitrogens with one attached hydrogen (secondary N) is 1. The van der Waals surface area contributed by atoms with Crippen LogP contribution in [0.3, 0.4) is 0 Å². The summed E-state index contributed by atoms with van der Waals surface area (Å²) < 4.78 is 10.6. The van der Waals surface area contributed by atoms with Crippen LogP contribution in [0.2, 0.25) is 0 Å². The average Bonchev–Trinajstić information content (AvgIpc) is 2.48. The predicted molar refractivity (Wildman–Crippen MR) is 73.5 cm³/mol. The molecule has 0 amide bonds. The summed E-state index contributed by atoms with van der Waals surface area (Å²) in [6.07, 6.45) is 2.51. The van der Waals surface area contributed by atoms with E-state index in [1.165, 1.54) is 7.11 Å². The van der Waals surface area contributed by atoms with Crippen molar-refractivity contribution in [1.29, 1.82) is 0 Å². The Kier molecular flexibility index (Phi) is 4.80. The molecule has 1 N–H and O–H groups in total. The van der Waals surface area contributed by atoms with Gasteiger partial charge in [-0.1, -0.05) is 0 Å². The SMILES string of the molecule is COC(=O)c1ccc(OC(C)C2CCNCC2)cc1. The fourth-order valence-corrected chi connectivity index (χ4v) is 2.41. The molecule has 1 aromatic carbocycles. The van der Waals surface area contributed by atoms with Crippen molar-refractivity contribution in [1.82, 2.24) is 5.32 Å². The van der Waals surface area contributed by atoms with E-state index < -0.39 is 0 Å². The Morgan fingerprint density at radius 2 is 1.89 bits per heavy atom. The van der Waals surface area contributed by atoms with Gasteiger partial charge in [-0.15, -0.1) is 0 Å². The van der Waals surface area contributed by atoms with Crippen molar-refractivity contribution in [3.8, 4) is 5.75 Å². The highest BCUT2D eigenvalue weighted by Crippen LogP contribution is 2.22. The second-order valence-corrected chi connectivity index (χ2v) is 4.93. The van der Waals surface area contributed by atoms with Gasteiger partial charge < -0.3 is 14.8 Å². The van der Waals surface area contributed by atoms with E-state index >= 15 is 0 Å². The van der Waals surface area contributed by atoms with Crippen LogP contribution in [0.25, 0.3) is 0 Å². The van der Waals surface area contributed by atoms with Crippen molar-refractivity contribution < 1.29 is 14.3 Å². The van der Waals surface area contributed by atoms with Crippen molar-refractivity contribution in [3.05, 3.63) is 29.8 Å². The zero-order valence-corrected chi connectivity index (χ0v) is 11.5. The number of hydrogen-bond acceptors (Lipinski definition) is 4. The van der Waals surface area contributed by atoms with Gasteiger partial charge in [-0.3, -0.25) is 0 Å². The van der Waals surface area contributed by atoms with E-state index in [0.29, 0.717) is 11.5 Å². The van der Waals surface area contributed by atoms with Crippen LogP contribution >= 0.6 is 0 Å². The molecule has 0 aliphatic carbocycles. The topological polar surface area (TPSA) is 47.6 Å². The number of carbonyl (C=O) groups is 1. The van der Waals surface area contributed by atoms with Crippen LogP contribution in [0.5, 0.6) is 5.75 Å². The van der Waals surface area contributed by atoms with Gasteiger partial charge in [0.05, 0.1) is 18.8 Å². The van der Waals surface area contributed by atoms with E-state index in [1.54, 1.807) is 12.1 Å². The molecule has 1 heterocycles. The fraction of sp³-hybridized carbons (Fsp3) is 0.533. The first kappa shape index (κ1) is 13.9. The molecule has 1 unspecified atom stereocenters. The highest BCUT2D eigenvalue weighted by atomic mass is 16.5. The van der Waals surface area contributed by atoms with Crippen LogP contribution in [0, 0.1) is 5.92 Å². The zero-order chi connectivity index (χ0) is 13.7. The van der Waals surface area contributed by atoms with Crippen molar-refractivity contribution in [2.24, 2.45) is 5.92 Å². The Labute approximate surface area is 114 Å². The summed E-state index contributed by atoms with van der Waals surface area (Å²) in [6, 6.07) is 7.11. The van der Waals surface area contributed by atoms with Crippen LogP contribution in [0.15, 0.2) is 24.3 Å². The third-order valence-corrected chi connectivity index (χ3v) is 3.65. The zero-order valence-electron chi connectivity index (χ0n) is 11.5. The van der Waals surface area contributed by atoms with Crippen LogP contribution < -0.4 is 10.1 Å². The lowest BCUT2D eigenvalue weighted by Gasteiger charge is -2.28. The summed E-state index contributed by atoms with van der Waals surface area (Å²) >= 11 is 0. The maximum Gasteiger partial charge on any atom is 0.337 e. The molecule has 19 heavy (non-hydrogen) atoms. The lowest BCUT2D eigenvalue weighted by molar-refractivity contribution is 0.0600. The van der Waals surface area contributed by atoms with Crippen molar-refractivity contribution >= 4 is 5.97 Å². The number of benzene rings is 1. The summed E-state index contributed by atoms with van der Waals surface area (Å²) in [4.78, 5) is 11.3. The summed E-state index contributed by atoms with van der Waals surface area (Å²) in [7, 11) is 1.38.